The van der Waals surface area contributed by atoms with Gasteiger partial charge in [0, 0.05) is 12.7 Å². The maximum atomic E-state index is 13.0. The molecule has 0 bridgehead atoms. The molecule has 0 spiro atoms. The fourth-order valence-corrected chi connectivity index (χ4v) is 1.30. The molecular formula is C11H13FN2O3. The van der Waals surface area contributed by atoms with E-state index in [1.165, 1.54) is 19.2 Å². The number of carbonyl (C=O) groups excluding carboxylic acids is 1. The first-order valence-electron chi connectivity index (χ1n) is 4.89. The Morgan fingerprint density at radius 3 is 2.59 bits per heavy atom. The van der Waals surface area contributed by atoms with Crippen molar-refractivity contribution in [2.24, 2.45) is 0 Å². The quantitative estimate of drug-likeness (QED) is 0.844. The van der Waals surface area contributed by atoms with Crippen LogP contribution in [0.15, 0.2) is 18.2 Å². The van der Waals surface area contributed by atoms with E-state index in [2.05, 4.69) is 5.32 Å². The van der Waals surface area contributed by atoms with Gasteiger partial charge >= 0.3 is 12.0 Å². The number of hydrogen-bond acceptors (Lipinski definition) is 2. The van der Waals surface area contributed by atoms with Crippen LogP contribution < -0.4 is 5.32 Å². The highest BCUT2D eigenvalue weighted by molar-refractivity contribution is 5.91. The molecule has 0 aliphatic carbocycles. The van der Waals surface area contributed by atoms with Gasteiger partial charge in [-0.05, 0) is 30.7 Å². The van der Waals surface area contributed by atoms with Gasteiger partial charge in [0.15, 0.2) is 0 Å². The summed E-state index contributed by atoms with van der Waals surface area (Å²) < 4.78 is 13.0. The number of likely N-dealkylation sites (N-methyl/N-ethyl adjacent to an activating group) is 1. The van der Waals surface area contributed by atoms with Crippen LogP contribution in [0.5, 0.6) is 0 Å². The fourth-order valence-electron chi connectivity index (χ4n) is 1.30. The van der Waals surface area contributed by atoms with Gasteiger partial charge in [-0.3, -0.25) is 4.79 Å². The lowest BCUT2D eigenvalue weighted by atomic mass is 10.2. The Bertz CT molecular complexity index is 428. The van der Waals surface area contributed by atoms with Gasteiger partial charge in [0.2, 0.25) is 0 Å². The smallest absolute Gasteiger partial charge is 0.323 e. The summed E-state index contributed by atoms with van der Waals surface area (Å²) >= 11 is 0. The molecule has 0 aliphatic heterocycles. The summed E-state index contributed by atoms with van der Waals surface area (Å²) in [4.78, 5) is 22.9. The topological polar surface area (TPSA) is 69.6 Å². The Morgan fingerprint density at radius 1 is 1.41 bits per heavy atom. The number of amides is 2. The van der Waals surface area contributed by atoms with E-state index in [-0.39, 0.29) is 0 Å². The van der Waals surface area contributed by atoms with E-state index < -0.39 is 24.4 Å². The number of halogens is 1. The standard InChI is InChI=1S/C11H13FN2O3/c1-7-3-8(12)5-9(4-7)13-11(17)14(2)6-10(15)16/h3-5H,6H2,1-2H3,(H,13,17)(H,15,16). The Morgan fingerprint density at radius 2 is 2.06 bits per heavy atom. The monoisotopic (exact) mass is 240 g/mol. The zero-order valence-corrected chi connectivity index (χ0v) is 9.53. The SMILES string of the molecule is Cc1cc(F)cc(NC(=O)N(C)CC(=O)O)c1. The van der Waals surface area contributed by atoms with Crippen LogP contribution in [0.3, 0.4) is 0 Å². The number of benzene rings is 1. The molecule has 1 aromatic carbocycles. The summed E-state index contributed by atoms with van der Waals surface area (Å²) in [5.74, 6) is -1.57. The Hall–Kier alpha value is -2.11. The van der Waals surface area contributed by atoms with Gasteiger partial charge in [-0.15, -0.1) is 0 Å². The van der Waals surface area contributed by atoms with Crippen LogP contribution in [0, 0.1) is 12.7 Å². The number of rotatable bonds is 3. The predicted molar refractivity (Wildman–Crippen MR) is 60.4 cm³/mol. The van der Waals surface area contributed by atoms with Crippen molar-refractivity contribution in [1.82, 2.24) is 4.90 Å². The molecule has 0 saturated carbocycles. The third-order valence-electron chi connectivity index (χ3n) is 2.01. The molecule has 2 amide bonds. The number of urea groups is 1. The molecule has 0 unspecified atom stereocenters. The maximum Gasteiger partial charge on any atom is 0.323 e. The average Bonchev–Trinajstić information content (AvgIpc) is 2.14. The third kappa shape index (κ3) is 4.10. The lowest BCUT2D eigenvalue weighted by Crippen LogP contribution is -2.35. The van der Waals surface area contributed by atoms with E-state index >= 15 is 0 Å². The first-order chi connectivity index (χ1) is 7.88. The first kappa shape index (κ1) is 13.0. The molecule has 92 valence electrons. The van der Waals surface area contributed by atoms with E-state index in [1.54, 1.807) is 13.0 Å². The zero-order chi connectivity index (χ0) is 13.0. The van der Waals surface area contributed by atoms with E-state index in [4.69, 9.17) is 5.11 Å². The molecule has 0 aromatic heterocycles. The van der Waals surface area contributed by atoms with Crippen molar-refractivity contribution in [3.63, 3.8) is 0 Å². The second kappa shape index (κ2) is 5.29. The van der Waals surface area contributed by atoms with Gasteiger partial charge in [-0.25, -0.2) is 9.18 Å². The van der Waals surface area contributed by atoms with Crippen LogP contribution >= 0.6 is 0 Å². The Kier molecular flexibility index (Phi) is 4.03. The second-order valence-corrected chi connectivity index (χ2v) is 3.70. The second-order valence-electron chi connectivity index (χ2n) is 3.70. The highest BCUT2D eigenvalue weighted by Gasteiger charge is 2.12. The number of aryl methyl sites for hydroxylation is 1. The van der Waals surface area contributed by atoms with Gasteiger partial charge in [-0.1, -0.05) is 0 Å². The van der Waals surface area contributed by atoms with Crippen LogP contribution in [-0.2, 0) is 4.79 Å². The number of aliphatic carboxylic acids is 1. The number of nitrogens with one attached hydrogen (secondary N) is 1. The van der Waals surface area contributed by atoms with Crippen molar-refractivity contribution >= 4 is 17.7 Å². The number of nitrogens with zero attached hydrogens (tertiary/aromatic N) is 1. The van der Waals surface area contributed by atoms with Crippen LogP contribution in [0.1, 0.15) is 5.56 Å². The van der Waals surface area contributed by atoms with Crippen molar-refractivity contribution in [3.05, 3.63) is 29.6 Å². The van der Waals surface area contributed by atoms with Crippen LogP contribution in [0.4, 0.5) is 14.9 Å². The van der Waals surface area contributed by atoms with Gasteiger partial charge in [0.05, 0.1) is 0 Å². The van der Waals surface area contributed by atoms with Gasteiger partial charge in [0.25, 0.3) is 0 Å². The first-order valence-corrected chi connectivity index (χ1v) is 4.89. The minimum Gasteiger partial charge on any atom is -0.480 e. The van der Waals surface area contributed by atoms with Gasteiger partial charge in [0.1, 0.15) is 12.4 Å². The number of carbonyl (C=O) groups is 2. The molecule has 1 rings (SSSR count). The van der Waals surface area contributed by atoms with Crippen molar-refractivity contribution in [1.29, 1.82) is 0 Å². The summed E-state index contributed by atoms with van der Waals surface area (Å²) in [6.45, 7) is 1.28. The van der Waals surface area contributed by atoms with Crippen molar-refractivity contribution < 1.29 is 19.1 Å². The molecule has 17 heavy (non-hydrogen) atoms. The van der Waals surface area contributed by atoms with E-state index in [9.17, 15) is 14.0 Å². The summed E-state index contributed by atoms with van der Waals surface area (Å²) in [6.07, 6.45) is 0. The molecule has 6 heteroatoms. The fraction of sp³-hybridized carbons (Fsp3) is 0.273. The minimum atomic E-state index is -1.11. The highest BCUT2D eigenvalue weighted by atomic mass is 19.1. The predicted octanol–water partition coefficient (Wildman–Crippen LogP) is 1.68. The number of carboxylic acids is 1. The molecule has 0 fully saturated rings. The molecular weight excluding hydrogens is 227 g/mol. The summed E-state index contributed by atoms with van der Waals surface area (Å²) in [7, 11) is 1.34. The highest BCUT2D eigenvalue weighted by Crippen LogP contribution is 2.13. The van der Waals surface area contributed by atoms with Gasteiger partial charge in [-0.2, -0.15) is 0 Å². The van der Waals surface area contributed by atoms with Crippen LogP contribution in [-0.4, -0.2) is 35.6 Å². The van der Waals surface area contributed by atoms with E-state index in [0.29, 0.717) is 11.3 Å². The largest absolute Gasteiger partial charge is 0.480 e. The lowest BCUT2D eigenvalue weighted by molar-refractivity contribution is -0.137. The van der Waals surface area contributed by atoms with E-state index in [0.717, 1.165) is 4.90 Å². The van der Waals surface area contributed by atoms with Gasteiger partial charge < -0.3 is 15.3 Å². The van der Waals surface area contributed by atoms with Crippen molar-refractivity contribution in [3.8, 4) is 0 Å². The molecule has 5 nitrogen and oxygen atoms in total. The summed E-state index contributed by atoms with van der Waals surface area (Å²) in [5.41, 5.74) is 0.964. The molecule has 0 radical (unpaired) electrons. The zero-order valence-electron chi connectivity index (χ0n) is 9.53. The van der Waals surface area contributed by atoms with Crippen LogP contribution in [0.2, 0.25) is 0 Å². The van der Waals surface area contributed by atoms with Crippen molar-refractivity contribution in [2.75, 3.05) is 18.9 Å². The third-order valence-corrected chi connectivity index (χ3v) is 2.01. The molecule has 0 saturated heterocycles. The minimum absolute atomic E-state index is 0.296. The summed E-state index contributed by atoms with van der Waals surface area (Å²) in [6, 6.07) is 3.49. The average molecular weight is 240 g/mol. The van der Waals surface area contributed by atoms with E-state index in [1.807, 2.05) is 0 Å². The Labute approximate surface area is 97.8 Å². The molecule has 0 atom stereocenters. The molecule has 1 aromatic rings. The van der Waals surface area contributed by atoms with Crippen molar-refractivity contribution in [2.45, 2.75) is 6.92 Å². The maximum absolute atomic E-state index is 13.0. The lowest BCUT2D eigenvalue weighted by Gasteiger charge is -2.15. The summed E-state index contributed by atoms with van der Waals surface area (Å²) in [5, 5.41) is 10.9. The van der Waals surface area contributed by atoms with Crippen LogP contribution in [0.25, 0.3) is 0 Å². The molecule has 0 heterocycles. The normalized spacial score (nSPS) is 9.82. The number of carboxylic acid groups (broad SMARTS) is 1. The molecule has 2 N–H and O–H groups in total. The Balaban J connectivity index is 2.70. The number of anilines is 1. The number of hydrogen-bond donors (Lipinski definition) is 2. The molecule has 0 aliphatic rings.